The number of methoxy groups -OCH3 is 1. The molecule has 0 unspecified atom stereocenters. The highest BCUT2D eigenvalue weighted by molar-refractivity contribution is 7.90. The predicted molar refractivity (Wildman–Crippen MR) is 89.3 cm³/mol. The molecule has 0 aliphatic carbocycles. The number of hydrogen-bond acceptors (Lipinski definition) is 6. The van der Waals surface area contributed by atoms with Gasteiger partial charge in [0.15, 0.2) is 26.4 Å². The van der Waals surface area contributed by atoms with E-state index in [0.717, 1.165) is 29.5 Å². The summed E-state index contributed by atoms with van der Waals surface area (Å²) in [7, 11) is -2.17. The molecule has 2 aromatic heterocycles. The third-order valence-corrected chi connectivity index (χ3v) is 4.56. The fraction of sp³-hybridized carbons (Fsp3) is 0.188. The molecular formula is C16H13F3N4O3S. The maximum absolute atomic E-state index is 13.4. The minimum Gasteiger partial charge on any atom is -0.497 e. The number of nitrogens with zero attached hydrogens (tertiary/aromatic N) is 4. The molecule has 0 saturated carbocycles. The van der Waals surface area contributed by atoms with E-state index in [1.54, 1.807) is 12.1 Å². The van der Waals surface area contributed by atoms with E-state index in [1.165, 1.54) is 19.2 Å². The first kappa shape index (κ1) is 18.8. The Kier molecular flexibility index (Phi) is 4.64. The number of alkyl halides is 3. The minimum absolute atomic E-state index is 0.0537. The van der Waals surface area contributed by atoms with Gasteiger partial charge in [0.2, 0.25) is 0 Å². The molecule has 11 heteroatoms. The van der Waals surface area contributed by atoms with Crippen LogP contribution in [0.5, 0.6) is 5.75 Å². The fourth-order valence-corrected chi connectivity index (χ4v) is 2.81. The molecule has 0 aliphatic rings. The van der Waals surface area contributed by atoms with Crippen molar-refractivity contribution in [3.8, 4) is 22.7 Å². The van der Waals surface area contributed by atoms with Crippen molar-refractivity contribution in [2.24, 2.45) is 0 Å². The molecule has 0 amide bonds. The lowest BCUT2D eigenvalue weighted by Crippen LogP contribution is -2.09. The van der Waals surface area contributed by atoms with Crippen molar-refractivity contribution < 1.29 is 26.3 Å². The lowest BCUT2D eigenvalue weighted by atomic mass is 10.1. The molecule has 142 valence electrons. The van der Waals surface area contributed by atoms with E-state index >= 15 is 0 Å². The maximum atomic E-state index is 13.4. The van der Waals surface area contributed by atoms with E-state index in [-0.39, 0.29) is 22.0 Å². The first-order valence-corrected chi connectivity index (χ1v) is 9.32. The lowest BCUT2D eigenvalue weighted by molar-refractivity contribution is -0.140. The SMILES string of the molecule is COc1cccc(-c2cn(-c3cnc(S(C)(=O)=O)cn3)nc2C(F)(F)F)c1. The first-order chi connectivity index (χ1) is 12.6. The zero-order valence-corrected chi connectivity index (χ0v) is 14.9. The van der Waals surface area contributed by atoms with Crippen LogP contribution in [-0.2, 0) is 16.0 Å². The molecule has 7 nitrogen and oxygen atoms in total. The van der Waals surface area contributed by atoms with Gasteiger partial charge in [-0.2, -0.15) is 18.3 Å². The number of hydrogen-bond donors (Lipinski definition) is 0. The molecule has 1 aromatic carbocycles. The Morgan fingerprint density at radius 2 is 1.89 bits per heavy atom. The Hall–Kier alpha value is -2.95. The van der Waals surface area contributed by atoms with Crippen molar-refractivity contribution in [3.63, 3.8) is 0 Å². The molecule has 0 radical (unpaired) electrons. The van der Waals surface area contributed by atoms with E-state index in [4.69, 9.17) is 4.74 Å². The topological polar surface area (TPSA) is 87.0 Å². The standard InChI is InChI=1S/C16H13F3N4O3S/c1-26-11-5-3-4-10(6-11)12-9-23(22-15(12)16(17,18)19)13-7-21-14(8-20-13)27(2,24)25/h3-9H,1-2H3. The van der Waals surface area contributed by atoms with Crippen LogP contribution in [-0.4, -0.2) is 41.5 Å². The van der Waals surface area contributed by atoms with Gasteiger partial charge in [-0.25, -0.2) is 23.1 Å². The van der Waals surface area contributed by atoms with E-state index in [0.29, 0.717) is 5.75 Å². The number of sulfone groups is 1. The summed E-state index contributed by atoms with van der Waals surface area (Å²) >= 11 is 0. The summed E-state index contributed by atoms with van der Waals surface area (Å²) in [5.41, 5.74) is -1.02. The van der Waals surface area contributed by atoms with Crippen molar-refractivity contribution in [3.05, 3.63) is 48.5 Å². The summed E-state index contributed by atoms with van der Waals surface area (Å²) in [5.74, 6) is 0.340. The van der Waals surface area contributed by atoms with Gasteiger partial charge in [0.25, 0.3) is 0 Å². The van der Waals surface area contributed by atoms with Crippen molar-refractivity contribution in [1.29, 1.82) is 0 Å². The van der Waals surface area contributed by atoms with E-state index in [2.05, 4.69) is 15.1 Å². The van der Waals surface area contributed by atoms with Crippen LogP contribution in [0, 0.1) is 0 Å². The van der Waals surface area contributed by atoms with Crippen molar-refractivity contribution >= 4 is 9.84 Å². The monoisotopic (exact) mass is 398 g/mol. The van der Waals surface area contributed by atoms with Crippen LogP contribution in [0.1, 0.15) is 5.69 Å². The number of ether oxygens (including phenoxy) is 1. The zero-order chi connectivity index (χ0) is 19.8. The van der Waals surface area contributed by atoms with Gasteiger partial charge in [0.05, 0.1) is 19.5 Å². The van der Waals surface area contributed by atoms with Gasteiger partial charge < -0.3 is 4.74 Å². The highest BCUT2D eigenvalue weighted by Crippen LogP contribution is 2.37. The number of rotatable bonds is 4. The van der Waals surface area contributed by atoms with Gasteiger partial charge in [0.1, 0.15) is 5.75 Å². The van der Waals surface area contributed by atoms with Crippen molar-refractivity contribution in [2.45, 2.75) is 11.2 Å². The molecule has 0 bridgehead atoms. The third-order valence-electron chi connectivity index (χ3n) is 3.59. The van der Waals surface area contributed by atoms with Gasteiger partial charge in [-0.15, -0.1) is 0 Å². The van der Waals surface area contributed by atoms with E-state index in [1.807, 2.05) is 0 Å². The van der Waals surface area contributed by atoms with Gasteiger partial charge in [-0.05, 0) is 17.7 Å². The fourth-order valence-electron chi connectivity index (χ4n) is 2.32. The Balaban J connectivity index is 2.12. The van der Waals surface area contributed by atoms with Crippen LogP contribution >= 0.6 is 0 Å². The van der Waals surface area contributed by atoms with Gasteiger partial charge in [-0.3, -0.25) is 0 Å². The normalized spacial score (nSPS) is 12.2. The molecule has 0 atom stereocenters. The molecular weight excluding hydrogens is 385 g/mol. The Labute approximate surface area is 152 Å². The minimum atomic E-state index is -4.70. The second-order valence-corrected chi connectivity index (χ2v) is 7.51. The quantitative estimate of drug-likeness (QED) is 0.672. The average molecular weight is 398 g/mol. The Morgan fingerprint density at radius 3 is 2.44 bits per heavy atom. The molecule has 0 spiro atoms. The van der Waals surface area contributed by atoms with E-state index in [9.17, 15) is 21.6 Å². The maximum Gasteiger partial charge on any atom is 0.435 e. The number of aromatic nitrogens is 4. The smallest absolute Gasteiger partial charge is 0.435 e. The highest BCUT2D eigenvalue weighted by Gasteiger charge is 2.38. The molecule has 3 rings (SSSR count). The summed E-state index contributed by atoms with van der Waals surface area (Å²) in [6.45, 7) is 0. The van der Waals surface area contributed by atoms with Gasteiger partial charge in [-0.1, -0.05) is 12.1 Å². The van der Waals surface area contributed by atoms with E-state index < -0.39 is 21.7 Å². The Morgan fingerprint density at radius 1 is 1.15 bits per heavy atom. The van der Waals surface area contributed by atoms with Gasteiger partial charge in [0, 0.05) is 18.0 Å². The van der Waals surface area contributed by atoms with Crippen molar-refractivity contribution in [2.75, 3.05) is 13.4 Å². The first-order valence-electron chi connectivity index (χ1n) is 7.43. The molecule has 0 N–H and O–H groups in total. The molecule has 0 saturated heterocycles. The lowest BCUT2D eigenvalue weighted by Gasteiger charge is -2.07. The van der Waals surface area contributed by atoms with Crippen LogP contribution in [0.25, 0.3) is 16.9 Å². The summed E-state index contributed by atoms with van der Waals surface area (Å²) in [5, 5.41) is 3.28. The molecule has 2 heterocycles. The Bertz CT molecular complexity index is 1080. The van der Waals surface area contributed by atoms with Crippen molar-refractivity contribution in [1.82, 2.24) is 19.7 Å². The number of benzene rings is 1. The van der Waals surface area contributed by atoms with Crippen LogP contribution < -0.4 is 4.74 Å². The summed E-state index contributed by atoms with van der Waals surface area (Å²) in [4.78, 5) is 7.56. The number of halogens is 3. The average Bonchev–Trinajstić information content (AvgIpc) is 3.07. The second-order valence-electron chi connectivity index (χ2n) is 5.55. The summed E-state index contributed by atoms with van der Waals surface area (Å²) < 4.78 is 69.1. The molecule has 0 fully saturated rings. The zero-order valence-electron chi connectivity index (χ0n) is 14.1. The molecule has 3 aromatic rings. The van der Waals surface area contributed by atoms with Gasteiger partial charge >= 0.3 is 6.18 Å². The van der Waals surface area contributed by atoms with Crippen LogP contribution in [0.2, 0.25) is 0 Å². The largest absolute Gasteiger partial charge is 0.497 e. The summed E-state index contributed by atoms with van der Waals surface area (Å²) in [6, 6.07) is 6.12. The predicted octanol–water partition coefficient (Wildman–Crippen LogP) is 2.76. The second kappa shape index (κ2) is 6.65. The molecule has 0 aliphatic heterocycles. The summed E-state index contributed by atoms with van der Waals surface area (Å²) in [6.07, 6.45) is -0.595. The van der Waals surface area contributed by atoms with Crippen LogP contribution in [0.15, 0.2) is 47.9 Å². The highest BCUT2D eigenvalue weighted by atomic mass is 32.2. The third kappa shape index (κ3) is 3.92. The molecule has 27 heavy (non-hydrogen) atoms. The van der Waals surface area contributed by atoms with Crippen LogP contribution in [0.4, 0.5) is 13.2 Å². The van der Waals surface area contributed by atoms with Crippen LogP contribution in [0.3, 0.4) is 0 Å².